The second kappa shape index (κ2) is 4.14. The van der Waals surface area contributed by atoms with Crippen LogP contribution in [0, 0.1) is 0 Å². The number of rotatable bonds is 2. The lowest BCUT2D eigenvalue weighted by atomic mass is 10.1. The van der Waals surface area contributed by atoms with E-state index in [0.29, 0.717) is 6.42 Å². The van der Waals surface area contributed by atoms with Gasteiger partial charge < -0.3 is 19.5 Å². The highest BCUT2D eigenvalue weighted by Crippen LogP contribution is 2.21. The summed E-state index contributed by atoms with van der Waals surface area (Å²) in [5, 5.41) is 17.4. The van der Waals surface area contributed by atoms with Crippen LogP contribution in [0.4, 0.5) is 0 Å². The molecule has 2 N–H and O–H groups in total. The second-order valence-electron chi connectivity index (χ2n) is 2.64. The summed E-state index contributed by atoms with van der Waals surface area (Å²) in [6.45, 7) is 0. The summed E-state index contributed by atoms with van der Waals surface area (Å²) in [5.41, 5.74) is 0. The van der Waals surface area contributed by atoms with Crippen LogP contribution in [0.1, 0.15) is 12.8 Å². The van der Waals surface area contributed by atoms with Crippen LogP contribution < -0.4 is 0 Å². The van der Waals surface area contributed by atoms with Gasteiger partial charge in [0.2, 0.25) is 0 Å². The molecule has 1 saturated heterocycles. The molecule has 12 heavy (non-hydrogen) atoms. The Bertz CT molecular complexity index is 171. The third kappa shape index (κ3) is 2.38. The molecule has 0 aromatic heterocycles. The number of cyclic esters (lactones) is 1. The minimum atomic E-state index is -1.63. The molecule has 1 aliphatic heterocycles. The first-order chi connectivity index (χ1) is 5.63. The molecule has 0 radical (unpaired) electrons. The predicted octanol–water partition coefficient (Wildman–Crippen LogP) is -0.822. The van der Waals surface area contributed by atoms with Crippen LogP contribution in [0.3, 0.4) is 0 Å². The molecule has 1 aliphatic rings. The summed E-state index contributed by atoms with van der Waals surface area (Å²) in [7, 11) is 2.04. The number of ether oxygens (including phenoxy) is 1. The molecule has 0 aliphatic carbocycles. The van der Waals surface area contributed by atoms with E-state index >= 15 is 0 Å². The molecule has 0 aromatic carbocycles. The zero-order chi connectivity index (χ0) is 9.14. The zero-order valence-corrected chi connectivity index (χ0v) is 7.50. The standard InChI is InChI=1S/C6H11O5P/c7-5-2-3(11-12)1-4(10-5)6(8)9/h3-4,6,8-9H,1-2,12H2/t3?,4-/m0/s1. The molecule has 1 fully saturated rings. The summed E-state index contributed by atoms with van der Waals surface area (Å²) < 4.78 is 9.49. The third-order valence-corrected chi connectivity index (χ3v) is 2.08. The van der Waals surface area contributed by atoms with Gasteiger partial charge in [0, 0.05) is 15.9 Å². The molecule has 1 rings (SSSR count). The Balaban J connectivity index is 2.51. The average Bonchev–Trinajstić information content (AvgIpc) is 2.03. The van der Waals surface area contributed by atoms with Gasteiger partial charge in [0.15, 0.2) is 12.4 Å². The van der Waals surface area contributed by atoms with Gasteiger partial charge in [-0.1, -0.05) is 0 Å². The van der Waals surface area contributed by atoms with Gasteiger partial charge in [-0.25, -0.2) is 0 Å². The van der Waals surface area contributed by atoms with E-state index in [9.17, 15) is 4.79 Å². The van der Waals surface area contributed by atoms with E-state index in [1.54, 1.807) is 0 Å². The molecule has 0 saturated carbocycles. The van der Waals surface area contributed by atoms with Gasteiger partial charge in [-0.15, -0.1) is 0 Å². The highest BCUT2D eigenvalue weighted by Gasteiger charge is 2.32. The van der Waals surface area contributed by atoms with Crippen molar-refractivity contribution < 1.29 is 24.3 Å². The van der Waals surface area contributed by atoms with E-state index in [-0.39, 0.29) is 12.5 Å². The summed E-state index contributed by atoms with van der Waals surface area (Å²) in [6, 6.07) is 0. The normalized spacial score (nSPS) is 30.5. The molecule has 6 heteroatoms. The highest BCUT2D eigenvalue weighted by molar-refractivity contribution is 7.09. The van der Waals surface area contributed by atoms with Gasteiger partial charge in [0.1, 0.15) is 0 Å². The molecule has 70 valence electrons. The lowest BCUT2D eigenvalue weighted by Gasteiger charge is -2.28. The summed E-state index contributed by atoms with van der Waals surface area (Å²) in [6.07, 6.45) is -2.32. The van der Waals surface area contributed by atoms with E-state index in [2.05, 4.69) is 4.74 Å². The predicted molar refractivity (Wildman–Crippen MR) is 41.9 cm³/mol. The molecule has 0 amide bonds. The Morgan fingerprint density at radius 2 is 2.33 bits per heavy atom. The highest BCUT2D eigenvalue weighted by atomic mass is 31.0. The first kappa shape index (κ1) is 9.86. The minimum Gasteiger partial charge on any atom is -0.457 e. The number of esters is 1. The average molecular weight is 194 g/mol. The first-order valence-electron chi connectivity index (χ1n) is 3.54. The number of hydrogen-bond acceptors (Lipinski definition) is 5. The van der Waals surface area contributed by atoms with Crippen molar-refractivity contribution in [3.05, 3.63) is 0 Å². The van der Waals surface area contributed by atoms with Crippen molar-refractivity contribution in [3.63, 3.8) is 0 Å². The molecule has 0 spiro atoms. The summed E-state index contributed by atoms with van der Waals surface area (Å²) in [5.74, 6) is -0.466. The Morgan fingerprint density at radius 1 is 1.67 bits per heavy atom. The van der Waals surface area contributed by atoms with Crippen molar-refractivity contribution >= 4 is 15.4 Å². The lowest BCUT2D eigenvalue weighted by Crippen LogP contribution is -2.40. The topological polar surface area (TPSA) is 76.0 Å². The molecule has 2 unspecified atom stereocenters. The van der Waals surface area contributed by atoms with Gasteiger partial charge in [0.05, 0.1) is 12.5 Å². The molecule has 1 heterocycles. The van der Waals surface area contributed by atoms with Gasteiger partial charge in [0.25, 0.3) is 0 Å². The number of aliphatic hydroxyl groups excluding tert-OH is 1. The van der Waals surface area contributed by atoms with Crippen LogP contribution in [-0.4, -0.2) is 34.7 Å². The Kier molecular flexibility index (Phi) is 3.40. The first-order valence-corrected chi connectivity index (χ1v) is 4.01. The van der Waals surface area contributed by atoms with Crippen molar-refractivity contribution in [2.45, 2.75) is 31.3 Å². The van der Waals surface area contributed by atoms with E-state index in [0.717, 1.165) is 0 Å². The van der Waals surface area contributed by atoms with Crippen LogP contribution >= 0.6 is 9.47 Å². The smallest absolute Gasteiger partial charge is 0.308 e. The summed E-state index contributed by atoms with van der Waals surface area (Å²) >= 11 is 0. The van der Waals surface area contributed by atoms with Crippen LogP contribution in [-0.2, 0) is 14.1 Å². The molecule has 0 bridgehead atoms. The van der Waals surface area contributed by atoms with E-state index in [1.807, 2.05) is 9.47 Å². The number of carbonyl (C=O) groups excluding carboxylic acids is 1. The van der Waals surface area contributed by atoms with Crippen LogP contribution in [0.25, 0.3) is 0 Å². The molecule has 5 nitrogen and oxygen atoms in total. The van der Waals surface area contributed by atoms with Crippen molar-refractivity contribution in [1.29, 1.82) is 0 Å². The molecular formula is C6H11O5P. The van der Waals surface area contributed by atoms with Crippen LogP contribution in [0.5, 0.6) is 0 Å². The fourth-order valence-electron chi connectivity index (χ4n) is 1.08. The molecular weight excluding hydrogens is 183 g/mol. The number of hydrogen-bond donors (Lipinski definition) is 2. The summed E-state index contributed by atoms with van der Waals surface area (Å²) in [4.78, 5) is 10.8. The monoisotopic (exact) mass is 194 g/mol. The molecule has 3 atom stereocenters. The largest absolute Gasteiger partial charge is 0.457 e. The van der Waals surface area contributed by atoms with E-state index in [1.165, 1.54) is 0 Å². The van der Waals surface area contributed by atoms with Gasteiger partial charge in [-0.05, 0) is 0 Å². The Hall–Kier alpha value is -0.220. The fourth-order valence-corrected chi connectivity index (χ4v) is 1.29. The second-order valence-corrected chi connectivity index (χ2v) is 2.91. The SMILES string of the molecule is O=C1CC(OP)C[C@@H](C(O)O)O1. The third-order valence-electron chi connectivity index (χ3n) is 1.70. The number of carbonyl (C=O) groups is 1. The van der Waals surface area contributed by atoms with Crippen molar-refractivity contribution in [1.82, 2.24) is 0 Å². The minimum absolute atomic E-state index is 0.159. The molecule has 0 aromatic rings. The lowest BCUT2D eigenvalue weighted by molar-refractivity contribution is -0.190. The van der Waals surface area contributed by atoms with Gasteiger partial charge in [-0.2, -0.15) is 0 Å². The zero-order valence-electron chi connectivity index (χ0n) is 6.34. The Morgan fingerprint density at radius 3 is 2.83 bits per heavy atom. The maximum Gasteiger partial charge on any atom is 0.308 e. The van der Waals surface area contributed by atoms with Crippen molar-refractivity contribution in [3.8, 4) is 0 Å². The van der Waals surface area contributed by atoms with E-state index in [4.69, 9.17) is 14.7 Å². The van der Waals surface area contributed by atoms with Crippen LogP contribution in [0.15, 0.2) is 0 Å². The van der Waals surface area contributed by atoms with Crippen LogP contribution in [0.2, 0.25) is 0 Å². The maximum atomic E-state index is 10.8. The fraction of sp³-hybridized carbons (Fsp3) is 0.833. The Labute approximate surface area is 72.0 Å². The van der Waals surface area contributed by atoms with Gasteiger partial charge >= 0.3 is 5.97 Å². The number of aliphatic hydroxyl groups is 2. The van der Waals surface area contributed by atoms with Crippen molar-refractivity contribution in [2.24, 2.45) is 0 Å². The van der Waals surface area contributed by atoms with Gasteiger partial charge in [-0.3, -0.25) is 4.79 Å². The van der Waals surface area contributed by atoms with E-state index < -0.39 is 18.4 Å². The van der Waals surface area contributed by atoms with Crippen molar-refractivity contribution in [2.75, 3.05) is 0 Å². The maximum absolute atomic E-state index is 10.8. The quantitative estimate of drug-likeness (QED) is 0.341.